The summed E-state index contributed by atoms with van der Waals surface area (Å²) in [5.41, 5.74) is -1.75. The second kappa shape index (κ2) is 10.2. The SMILES string of the molecule is O=C(NC(Cc1ccccc1)(c1ccc(Cl)nc1)c1cc(F)cc(C(F)(F)F)c1)N1CCOCC1. The predicted octanol–water partition coefficient (Wildman–Crippen LogP) is 5.42. The standard InChI is InChI=1S/C25H22ClF4N3O2/c26-22-7-6-18(16-31-22)24(15-17-4-2-1-3-5-17,32-23(34)33-8-10-35-11-9-33)19-12-20(25(28,29)30)14-21(27)13-19/h1-7,12-14,16H,8-11,15H2,(H,32,34). The van der Waals surface area contributed by atoms with Gasteiger partial charge < -0.3 is 15.0 Å². The first-order valence-corrected chi connectivity index (χ1v) is 11.2. The summed E-state index contributed by atoms with van der Waals surface area (Å²) >= 11 is 5.98. The van der Waals surface area contributed by atoms with Crippen LogP contribution in [0.15, 0.2) is 66.9 Å². The van der Waals surface area contributed by atoms with Crippen LogP contribution in [0.25, 0.3) is 0 Å². The van der Waals surface area contributed by atoms with Gasteiger partial charge in [0.1, 0.15) is 11.0 Å². The van der Waals surface area contributed by atoms with Crippen LogP contribution in [0.3, 0.4) is 0 Å². The number of nitrogens with zero attached hydrogens (tertiary/aromatic N) is 2. The molecule has 2 heterocycles. The van der Waals surface area contributed by atoms with Crippen molar-refractivity contribution in [3.8, 4) is 0 Å². The highest BCUT2D eigenvalue weighted by atomic mass is 35.5. The van der Waals surface area contributed by atoms with Crippen molar-refractivity contribution in [2.24, 2.45) is 0 Å². The highest BCUT2D eigenvalue weighted by Crippen LogP contribution is 2.38. The zero-order chi connectivity index (χ0) is 25.1. The van der Waals surface area contributed by atoms with Gasteiger partial charge in [0.05, 0.1) is 24.3 Å². The number of urea groups is 1. The third-order valence-electron chi connectivity index (χ3n) is 5.87. The van der Waals surface area contributed by atoms with Crippen LogP contribution in [-0.2, 0) is 22.9 Å². The largest absolute Gasteiger partial charge is 0.416 e. The lowest BCUT2D eigenvalue weighted by Crippen LogP contribution is -2.55. The molecule has 1 aromatic heterocycles. The Morgan fingerprint density at radius 3 is 2.31 bits per heavy atom. The number of rotatable bonds is 5. The van der Waals surface area contributed by atoms with Crippen LogP contribution in [-0.4, -0.2) is 42.2 Å². The molecule has 35 heavy (non-hydrogen) atoms. The van der Waals surface area contributed by atoms with Crippen LogP contribution >= 0.6 is 11.6 Å². The molecule has 1 aliphatic rings. The first-order chi connectivity index (χ1) is 16.7. The highest BCUT2D eigenvalue weighted by Gasteiger charge is 2.41. The zero-order valence-electron chi connectivity index (χ0n) is 18.5. The zero-order valence-corrected chi connectivity index (χ0v) is 19.2. The number of carbonyl (C=O) groups is 1. The minimum atomic E-state index is -4.79. The quantitative estimate of drug-likeness (QED) is 0.370. The minimum Gasteiger partial charge on any atom is -0.378 e. The molecule has 1 unspecified atom stereocenters. The van der Waals surface area contributed by atoms with Gasteiger partial charge in [-0.1, -0.05) is 48.0 Å². The number of hydrogen-bond acceptors (Lipinski definition) is 3. The van der Waals surface area contributed by atoms with E-state index in [9.17, 15) is 22.4 Å². The van der Waals surface area contributed by atoms with E-state index in [0.717, 1.165) is 12.1 Å². The summed E-state index contributed by atoms with van der Waals surface area (Å²) in [5, 5.41) is 3.08. The number of aromatic nitrogens is 1. The fourth-order valence-electron chi connectivity index (χ4n) is 4.12. The van der Waals surface area contributed by atoms with Gasteiger partial charge in [-0.25, -0.2) is 14.2 Å². The van der Waals surface area contributed by atoms with Crippen molar-refractivity contribution in [2.75, 3.05) is 26.3 Å². The summed E-state index contributed by atoms with van der Waals surface area (Å²) < 4.78 is 60.9. The minimum absolute atomic E-state index is 0.0357. The van der Waals surface area contributed by atoms with Gasteiger partial charge in [-0.15, -0.1) is 0 Å². The van der Waals surface area contributed by atoms with Crippen molar-refractivity contribution in [1.82, 2.24) is 15.2 Å². The molecule has 1 N–H and O–H groups in total. The van der Waals surface area contributed by atoms with Crippen molar-refractivity contribution >= 4 is 17.6 Å². The lowest BCUT2D eigenvalue weighted by atomic mass is 9.78. The van der Waals surface area contributed by atoms with Gasteiger partial charge >= 0.3 is 12.2 Å². The van der Waals surface area contributed by atoms with Gasteiger partial charge in [-0.05, 0) is 35.4 Å². The molecule has 1 fully saturated rings. The first-order valence-electron chi connectivity index (χ1n) is 10.9. The summed E-state index contributed by atoms with van der Waals surface area (Å²) in [7, 11) is 0. The normalized spacial score (nSPS) is 16.0. The molecule has 184 valence electrons. The molecular weight excluding hydrogens is 486 g/mol. The third kappa shape index (κ3) is 5.74. The molecular formula is C25H22ClF4N3O2. The van der Waals surface area contributed by atoms with Crippen LogP contribution in [0.5, 0.6) is 0 Å². The second-order valence-corrected chi connectivity index (χ2v) is 8.58. The number of hydrogen-bond donors (Lipinski definition) is 1. The summed E-state index contributed by atoms with van der Waals surface area (Å²) in [6, 6.07) is 13.7. The van der Waals surface area contributed by atoms with Gasteiger partial charge in [-0.2, -0.15) is 13.2 Å². The molecule has 0 bridgehead atoms. The van der Waals surface area contributed by atoms with Crippen molar-refractivity contribution in [3.05, 3.63) is 100 Å². The number of pyridine rings is 1. The van der Waals surface area contributed by atoms with E-state index in [2.05, 4.69) is 10.3 Å². The number of nitrogens with one attached hydrogen (secondary N) is 1. The van der Waals surface area contributed by atoms with Crippen LogP contribution in [0.4, 0.5) is 22.4 Å². The maximum Gasteiger partial charge on any atom is 0.416 e. The molecule has 3 aromatic rings. The number of benzene rings is 2. The van der Waals surface area contributed by atoms with Crippen LogP contribution < -0.4 is 5.32 Å². The Bertz CT molecular complexity index is 1170. The number of halogens is 5. The van der Waals surface area contributed by atoms with Crippen LogP contribution in [0.1, 0.15) is 22.3 Å². The summed E-state index contributed by atoms with van der Waals surface area (Å²) in [6.07, 6.45) is -3.38. The monoisotopic (exact) mass is 507 g/mol. The van der Waals surface area contributed by atoms with Crippen LogP contribution in [0.2, 0.25) is 5.15 Å². The molecule has 0 spiro atoms. The van der Waals surface area contributed by atoms with E-state index in [0.29, 0.717) is 43.5 Å². The predicted molar refractivity (Wildman–Crippen MR) is 122 cm³/mol. The Morgan fingerprint density at radius 2 is 1.69 bits per heavy atom. The Hall–Kier alpha value is -3.17. The van der Waals surface area contributed by atoms with Gasteiger partial charge in [0, 0.05) is 31.3 Å². The second-order valence-electron chi connectivity index (χ2n) is 8.19. The van der Waals surface area contributed by atoms with E-state index in [4.69, 9.17) is 16.3 Å². The van der Waals surface area contributed by atoms with E-state index in [-0.39, 0.29) is 17.1 Å². The molecule has 5 nitrogen and oxygen atoms in total. The maximum absolute atomic E-state index is 14.6. The lowest BCUT2D eigenvalue weighted by Gasteiger charge is -2.39. The molecule has 0 radical (unpaired) electrons. The van der Waals surface area contributed by atoms with Gasteiger partial charge in [-0.3, -0.25) is 0 Å². The molecule has 2 aromatic carbocycles. The Kier molecular flexibility index (Phi) is 7.28. The van der Waals surface area contributed by atoms with Crippen molar-refractivity contribution in [1.29, 1.82) is 0 Å². The Morgan fingerprint density at radius 1 is 1.00 bits per heavy atom. The van der Waals surface area contributed by atoms with Crippen LogP contribution in [0, 0.1) is 5.82 Å². The fraction of sp³-hybridized carbons (Fsp3) is 0.280. The molecule has 2 amide bonds. The van der Waals surface area contributed by atoms with E-state index in [1.807, 2.05) is 0 Å². The van der Waals surface area contributed by atoms with Crippen molar-refractivity contribution in [3.63, 3.8) is 0 Å². The molecule has 0 aliphatic carbocycles. The highest BCUT2D eigenvalue weighted by molar-refractivity contribution is 6.29. The Labute approximate surface area is 204 Å². The number of morpholine rings is 1. The molecule has 0 saturated carbocycles. The topological polar surface area (TPSA) is 54.5 Å². The number of carbonyl (C=O) groups excluding carboxylic acids is 1. The van der Waals surface area contributed by atoms with Gasteiger partial charge in [0.2, 0.25) is 0 Å². The van der Waals surface area contributed by atoms with Gasteiger partial charge in [0.15, 0.2) is 0 Å². The van der Waals surface area contributed by atoms with E-state index in [1.165, 1.54) is 17.2 Å². The summed E-state index contributed by atoms with van der Waals surface area (Å²) in [5.74, 6) is -1.07. The van der Waals surface area contributed by atoms with Crippen molar-refractivity contribution in [2.45, 2.75) is 18.1 Å². The first kappa shape index (κ1) is 24.9. The number of alkyl halides is 3. The lowest BCUT2D eigenvalue weighted by molar-refractivity contribution is -0.137. The van der Waals surface area contributed by atoms with E-state index < -0.39 is 29.1 Å². The van der Waals surface area contributed by atoms with E-state index in [1.54, 1.807) is 36.4 Å². The molecule has 1 saturated heterocycles. The fourth-order valence-corrected chi connectivity index (χ4v) is 4.23. The molecule has 1 atom stereocenters. The average Bonchev–Trinajstić information content (AvgIpc) is 2.84. The summed E-state index contributed by atoms with van der Waals surface area (Å²) in [4.78, 5) is 19.0. The molecule has 10 heteroatoms. The molecule has 4 rings (SSSR count). The number of ether oxygens (including phenoxy) is 1. The van der Waals surface area contributed by atoms with Gasteiger partial charge in [0.25, 0.3) is 0 Å². The third-order valence-corrected chi connectivity index (χ3v) is 6.09. The summed E-state index contributed by atoms with van der Waals surface area (Å²) in [6.45, 7) is 1.28. The number of amides is 2. The Balaban J connectivity index is 1.92. The maximum atomic E-state index is 14.6. The average molecular weight is 508 g/mol. The smallest absolute Gasteiger partial charge is 0.378 e. The van der Waals surface area contributed by atoms with E-state index >= 15 is 0 Å². The van der Waals surface area contributed by atoms with Crippen molar-refractivity contribution < 1.29 is 27.1 Å². The molecule has 1 aliphatic heterocycles.